The Kier molecular flexibility index (Phi) is 9.07. The van der Waals surface area contributed by atoms with Gasteiger partial charge in [0.2, 0.25) is 11.8 Å². The molecule has 1 aliphatic heterocycles. The molecule has 0 unspecified atom stereocenters. The molecule has 1 aliphatic carbocycles. The van der Waals surface area contributed by atoms with E-state index in [2.05, 4.69) is 22.1 Å². The summed E-state index contributed by atoms with van der Waals surface area (Å²) in [7, 11) is 0. The molecular formula is C33H44N4O4. The van der Waals surface area contributed by atoms with Crippen LogP contribution >= 0.6 is 0 Å². The first kappa shape index (κ1) is 29.2. The van der Waals surface area contributed by atoms with Crippen LogP contribution in [0, 0.1) is 11.3 Å². The van der Waals surface area contributed by atoms with Gasteiger partial charge in [-0.25, -0.2) is 4.98 Å². The molecule has 8 heteroatoms. The molecule has 0 radical (unpaired) electrons. The molecule has 2 aromatic heterocycles. The number of ketones is 1. The topological polar surface area (TPSA) is 97.4 Å². The minimum Gasteiger partial charge on any atom is -0.438 e. The van der Waals surface area contributed by atoms with E-state index in [0.29, 0.717) is 48.6 Å². The lowest BCUT2D eigenvalue weighted by atomic mass is 9.90. The molecule has 1 spiro atoms. The van der Waals surface area contributed by atoms with Crippen LogP contribution in [0.15, 0.2) is 45.9 Å². The molecule has 2 fully saturated rings. The Morgan fingerprint density at radius 3 is 2.63 bits per heavy atom. The van der Waals surface area contributed by atoms with Crippen molar-refractivity contribution in [1.29, 1.82) is 0 Å². The van der Waals surface area contributed by atoms with Crippen LogP contribution in [-0.4, -0.2) is 45.8 Å². The maximum atomic E-state index is 13.5. The highest BCUT2D eigenvalue weighted by atomic mass is 16.4. The molecule has 3 aromatic rings. The summed E-state index contributed by atoms with van der Waals surface area (Å²) in [6.07, 6.45) is 11.2. The first-order valence-corrected chi connectivity index (χ1v) is 15.5. The number of benzene rings is 1. The maximum absolute atomic E-state index is 13.5. The number of rotatable bonds is 13. The number of hydrogen-bond donors (Lipinski definition) is 1. The number of oxazole rings is 1. The van der Waals surface area contributed by atoms with E-state index in [4.69, 9.17) is 4.42 Å². The van der Waals surface area contributed by atoms with E-state index in [9.17, 15) is 14.4 Å². The minimum absolute atomic E-state index is 0.00330. The Morgan fingerprint density at radius 2 is 1.90 bits per heavy atom. The van der Waals surface area contributed by atoms with Gasteiger partial charge in [-0.1, -0.05) is 32.8 Å². The fourth-order valence-corrected chi connectivity index (χ4v) is 6.41. The summed E-state index contributed by atoms with van der Waals surface area (Å²) in [5, 5.41) is 4.83. The van der Waals surface area contributed by atoms with Gasteiger partial charge < -0.3 is 19.2 Å². The molecule has 0 bridgehead atoms. The zero-order valence-corrected chi connectivity index (χ0v) is 24.8. The number of piperidine rings is 1. The third kappa shape index (κ3) is 6.48. The van der Waals surface area contributed by atoms with Gasteiger partial charge in [0, 0.05) is 42.5 Å². The van der Waals surface area contributed by atoms with Gasteiger partial charge in [-0.2, -0.15) is 0 Å². The van der Waals surface area contributed by atoms with Crippen molar-refractivity contribution < 1.29 is 14.0 Å². The van der Waals surface area contributed by atoms with Crippen molar-refractivity contribution in [3.05, 3.63) is 52.9 Å². The molecule has 1 aromatic carbocycles. The first-order chi connectivity index (χ1) is 19.9. The largest absolute Gasteiger partial charge is 0.438 e. The van der Waals surface area contributed by atoms with Crippen LogP contribution in [0.4, 0.5) is 0 Å². The Balaban J connectivity index is 1.30. The Morgan fingerprint density at radius 1 is 1.10 bits per heavy atom. The summed E-state index contributed by atoms with van der Waals surface area (Å²) in [6, 6.07) is 7.32. The Hall–Kier alpha value is -3.26. The lowest BCUT2D eigenvalue weighted by Gasteiger charge is -2.32. The lowest BCUT2D eigenvalue weighted by Crippen LogP contribution is -2.37. The molecule has 2 aliphatic rings. The summed E-state index contributed by atoms with van der Waals surface area (Å²) in [5.74, 6) is 1.59. The van der Waals surface area contributed by atoms with Gasteiger partial charge in [0.05, 0.1) is 6.20 Å². The normalized spacial score (nSPS) is 19.0. The predicted octanol–water partition coefficient (Wildman–Crippen LogP) is 5.89. The van der Waals surface area contributed by atoms with Gasteiger partial charge in [-0.15, -0.1) is 0 Å². The second kappa shape index (κ2) is 12.7. The molecule has 1 N–H and O–H groups in total. The first-order valence-electron chi connectivity index (χ1n) is 15.5. The van der Waals surface area contributed by atoms with Crippen LogP contribution in [0.2, 0.25) is 0 Å². The highest BCUT2D eigenvalue weighted by Crippen LogP contribution is 2.59. The summed E-state index contributed by atoms with van der Waals surface area (Å²) >= 11 is 0. The molecule has 5 rings (SSSR count). The van der Waals surface area contributed by atoms with Crippen LogP contribution < -0.4 is 10.9 Å². The zero-order valence-electron chi connectivity index (χ0n) is 24.8. The van der Waals surface area contributed by atoms with Crippen molar-refractivity contribution in [3.8, 4) is 11.3 Å². The van der Waals surface area contributed by atoms with E-state index in [-0.39, 0.29) is 28.8 Å². The van der Waals surface area contributed by atoms with E-state index in [1.165, 1.54) is 0 Å². The van der Waals surface area contributed by atoms with E-state index >= 15 is 0 Å². The lowest BCUT2D eigenvalue weighted by molar-refractivity contribution is -0.124. The van der Waals surface area contributed by atoms with Crippen LogP contribution in [0.5, 0.6) is 0 Å². The smallest absolute Gasteiger partial charge is 0.258 e. The zero-order chi connectivity index (χ0) is 29.0. The molecule has 1 amide bonds. The second-order valence-corrected chi connectivity index (χ2v) is 11.9. The summed E-state index contributed by atoms with van der Waals surface area (Å²) < 4.78 is 7.96. The molecule has 3 heterocycles. The average molecular weight is 561 g/mol. The number of carbonyl (C=O) groups is 2. The Labute approximate surface area is 242 Å². The number of fused-ring (bicyclic) bond motifs is 1. The number of amides is 1. The number of hydrogen-bond acceptors (Lipinski definition) is 6. The molecule has 1 saturated heterocycles. The molecule has 2 atom stereocenters. The number of aromatic nitrogens is 2. The fraction of sp³-hybridized carbons (Fsp3) is 0.576. The van der Waals surface area contributed by atoms with Crippen molar-refractivity contribution in [2.75, 3.05) is 19.6 Å². The van der Waals surface area contributed by atoms with Crippen molar-refractivity contribution >= 4 is 22.5 Å². The SMILES string of the molecule is CCC(=O)CCCCC[C@H](NC(=O)[C@H]1CC12CCN(CC)CC2)c1ncc(-c2ccc3c(=O)n(CC)ccc3c2)o1. The molecule has 41 heavy (non-hydrogen) atoms. The minimum atomic E-state index is -0.316. The van der Waals surface area contributed by atoms with Gasteiger partial charge in [0.1, 0.15) is 11.8 Å². The highest BCUT2D eigenvalue weighted by molar-refractivity contribution is 5.86. The molecular weight excluding hydrogens is 516 g/mol. The number of nitrogens with zero attached hydrogens (tertiary/aromatic N) is 3. The van der Waals surface area contributed by atoms with Gasteiger partial charge in [0.15, 0.2) is 5.76 Å². The van der Waals surface area contributed by atoms with Crippen molar-refractivity contribution in [2.45, 2.75) is 91.1 Å². The summed E-state index contributed by atoms with van der Waals surface area (Å²) in [6.45, 7) is 9.89. The van der Waals surface area contributed by atoms with Gasteiger partial charge in [0.25, 0.3) is 5.56 Å². The quantitative estimate of drug-likeness (QED) is 0.262. The molecule has 220 valence electrons. The molecule has 8 nitrogen and oxygen atoms in total. The number of Topliss-reactive ketones (excluding diaryl/α,β-unsaturated/α-hetero) is 1. The van der Waals surface area contributed by atoms with Gasteiger partial charge in [-0.3, -0.25) is 14.4 Å². The van der Waals surface area contributed by atoms with E-state index in [1.54, 1.807) is 10.8 Å². The monoisotopic (exact) mass is 560 g/mol. The van der Waals surface area contributed by atoms with Crippen LogP contribution in [0.25, 0.3) is 22.1 Å². The van der Waals surface area contributed by atoms with E-state index < -0.39 is 0 Å². The Bertz CT molecular complexity index is 1430. The van der Waals surface area contributed by atoms with Crippen LogP contribution in [-0.2, 0) is 16.1 Å². The number of unbranched alkanes of at least 4 members (excludes halogenated alkanes) is 2. The van der Waals surface area contributed by atoms with Crippen LogP contribution in [0.1, 0.15) is 90.5 Å². The van der Waals surface area contributed by atoms with Crippen molar-refractivity contribution in [2.24, 2.45) is 11.3 Å². The second-order valence-electron chi connectivity index (χ2n) is 11.9. The summed E-state index contributed by atoms with van der Waals surface area (Å²) in [5.41, 5.74) is 0.998. The number of pyridine rings is 1. The standard InChI is InChI=1S/C33H44N4O4/c1-4-25(38)10-8-7-9-11-28(35-30(39)27-21-33(27)15-18-36(5-2)19-16-33)31-34-22-29(41-31)24-12-13-26-23(20-24)14-17-37(6-3)32(26)40/h12-14,17,20,22,27-28H,4-11,15-16,18-19,21H2,1-3H3,(H,35,39)/t27-,28+/m1/s1. The summed E-state index contributed by atoms with van der Waals surface area (Å²) in [4.78, 5) is 44.9. The van der Waals surface area contributed by atoms with E-state index in [0.717, 1.165) is 69.1 Å². The highest BCUT2D eigenvalue weighted by Gasteiger charge is 2.58. The maximum Gasteiger partial charge on any atom is 0.258 e. The molecule has 1 saturated carbocycles. The number of aryl methyl sites for hydroxylation is 1. The number of carbonyl (C=O) groups excluding carboxylic acids is 2. The average Bonchev–Trinajstić information content (AvgIpc) is 3.46. The third-order valence-corrected chi connectivity index (χ3v) is 9.39. The van der Waals surface area contributed by atoms with Crippen molar-refractivity contribution in [1.82, 2.24) is 19.8 Å². The predicted molar refractivity (Wildman–Crippen MR) is 161 cm³/mol. The number of nitrogens with one attached hydrogen (secondary N) is 1. The van der Waals surface area contributed by atoms with Crippen molar-refractivity contribution in [3.63, 3.8) is 0 Å². The fourth-order valence-electron chi connectivity index (χ4n) is 6.41. The van der Waals surface area contributed by atoms with Gasteiger partial charge >= 0.3 is 0 Å². The van der Waals surface area contributed by atoms with E-state index in [1.807, 2.05) is 44.3 Å². The number of likely N-dealkylation sites (tertiary alicyclic amines) is 1. The van der Waals surface area contributed by atoms with Gasteiger partial charge in [-0.05, 0) is 87.7 Å². The van der Waals surface area contributed by atoms with Crippen LogP contribution in [0.3, 0.4) is 0 Å². The third-order valence-electron chi connectivity index (χ3n) is 9.39.